The number of ether oxygens (including phenoxy) is 1. The molecule has 0 radical (unpaired) electrons. The summed E-state index contributed by atoms with van der Waals surface area (Å²) in [4.78, 5) is 12.7. The van der Waals surface area contributed by atoms with Crippen LogP contribution in [-0.2, 0) is 22.0 Å². The van der Waals surface area contributed by atoms with Crippen molar-refractivity contribution in [2.45, 2.75) is 69.0 Å². The average Bonchev–Trinajstić information content (AvgIpc) is 2.88. The Labute approximate surface area is 154 Å². The molecular weight excluding hydrogens is 340 g/mol. The molecule has 7 heteroatoms. The summed E-state index contributed by atoms with van der Waals surface area (Å²) in [5, 5.41) is 13.3. The van der Waals surface area contributed by atoms with Gasteiger partial charge < -0.3 is 9.84 Å². The van der Waals surface area contributed by atoms with Crippen molar-refractivity contribution in [1.82, 2.24) is 0 Å². The Hall–Kier alpha value is -1.05. The number of nitrogens with one attached hydrogen (secondary N) is 1. The van der Waals surface area contributed by atoms with Gasteiger partial charge in [-0.15, -0.1) is 11.8 Å². The number of carbonyl (C=O) groups excluding carboxylic acids is 1. The van der Waals surface area contributed by atoms with Crippen LogP contribution in [0.1, 0.15) is 53.2 Å². The Morgan fingerprint density at radius 1 is 1.36 bits per heavy atom. The Morgan fingerprint density at radius 2 is 1.96 bits per heavy atom. The van der Waals surface area contributed by atoms with E-state index in [9.17, 15) is 9.90 Å². The quantitative estimate of drug-likeness (QED) is 0.751. The van der Waals surface area contributed by atoms with Crippen LogP contribution < -0.4 is 10.1 Å². The summed E-state index contributed by atoms with van der Waals surface area (Å²) in [6.07, 6.45) is 1.41. The minimum atomic E-state index is -0.562. The van der Waals surface area contributed by atoms with E-state index in [-0.39, 0.29) is 5.91 Å². The first kappa shape index (κ1) is 20.3. The van der Waals surface area contributed by atoms with Crippen LogP contribution in [0.4, 0.5) is 5.88 Å². The van der Waals surface area contributed by atoms with Crippen molar-refractivity contribution in [3.8, 4) is 0 Å². The third-order valence-corrected chi connectivity index (χ3v) is 6.54. The first-order valence-electron chi connectivity index (χ1n) is 8.80. The standard InChI is InChI=1S/C18H30N2O4S/c1-12(21)17(2,3)14-11-15(24-20(14)6)19-16(22)18(4,5)25-13-7-9-23-10-8-13/h11-13,21H,7-10H2,1-6H3/p+1. The summed E-state index contributed by atoms with van der Waals surface area (Å²) < 4.78 is 12.1. The smallest absolute Gasteiger partial charge is 0.282 e. The molecule has 1 aliphatic rings. The Bertz CT molecular complexity index is 604. The normalized spacial score (nSPS) is 18.2. The Balaban J connectivity index is 2.07. The summed E-state index contributed by atoms with van der Waals surface area (Å²) in [5.41, 5.74) is 0.348. The van der Waals surface area contributed by atoms with Gasteiger partial charge in [-0.25, -0.2) is 4.52 Å². The molecule has 0 aromatic carbocycles. The zero-order chi connectivity index (χ0) is 18.8. The summed E-state index contributed by atoms with van der Waals surface area (Å²) in [6.45, 7) is 11.0. The van der Waals surface area contributed by atoms with Gasteiger partial charge in [-0.1, -0.05) is 0 Å². The number of hydrogen-bond acceptors (Lipinski definition) is 5. The van der Waals surface area contributed by atoms with Gasteiger partial charge in [0.1, 0.15) is 0 Å². The van der Waals surface area contributed by atoms with E-state index in [1.165, 1.54) is 0 Å². The van der Waals surface area contributed by atoms with Gasteiger partial charge in [0.2, 0.25) is 11.6 Å². The lowest BCUT2D eigenvalue weighted by Crippen LogP contribution is -2.43. The molecule has 0 bridgehead atoms. The number of nitrogens with zero attached hydrogens (tertiary/aromatic N) is 1. The zero-order valence-corrected chi connectivity index (χ0v) is 16.9. The SMILES string of the molecule is CC(O)C(C)(C)c1cc(NC(=O)C(C)(C)SC2CCOCC2)o[n+]1C. The Kier molecular flexibility index (Phi) is 6.22. The number of aryl methyl sites for hydroxylation is 1. The number of aliphatic hydroxyl groups is 1. The highest BCUT2D eigenvalue weighted by Gasteiger charge is 2.39. The number of hydrogen-bond donors (Lipinski definition) is 2. The molecule has 1 saturated heterocycles. The molecule has 2 heterocycles. The van der Waals surface area contributed by atoms with Gasteiger partial charge >= 0.3 is 0 Å². The predicted octanol–water partition coefficient (Wildman–Crippen LogP) is 2.39. The maximum atomic E-state index is 12.7. The molecule has 1 fully saturated rings. The fraction of sp³-hybridized carbons (Fsp3) is 0.778. The average molecular weight is 372 g/mol. The second-order valence-corrected chi connectivity index (χ2v) is 9.70. The number of thioether (sulfide) groups is 1. The summed E-state index contributed by atoms with van der Waals surface area (Å²) in [7, 11) is 1.77. The van der Waals surface area contributed by atoms with E-state index in [0.29, 0.717) is 11.1 Å². The van der Waals surface area contributed by atoms with Gasteiger partial charge in [-0.2, -0.15) is 0 Å². The maximum absolute atomic E-state index is 12.7. The number of aromatic nitrogens is 1. The molecule has 1 atom stereocenters. The molecule has 0 aliphatic carbocycles. The number of carbonyl (C=O) groups is 1. The van der Waals surface area contributed by atoms with Crippen LogP contribution >= 0.6 is 11.8 Å². The van der Waals surface area contributed by atoms with Gasteiger partial charge in [0.15, 0.2) is 7.05 Å². The third-order valence-electron chi connectivity index (χ3n) is 4.96. The molecule has 1 aromatic rings. The van der Waals surface area contributed by atoms with Gasteiger partial charge in [0.25, 0.3) is 5.88 Å². The fourth-order valence-electron chi connectivity index (χ4n) is 2.83. The zero-order valence-electron chi connectivity index (χ0n) is 16.1. The second-order valence-electron chi connectivity index (χ2n) is 7.77. The van der Waals surface area contributed by atoms with Crippen LogP contribution in [-0.4, -0.2) is 40.3 Å². The number of aliphatic hydroxyl groups excluding tert-OH is 1. The van der Waals surface area contributed by atoms with Crippen LogP contribution in [0, 0.1) is 0 Å². The van der Waals surface area contributed by atoms with Crippen molar-refractivity contribution in [1.29, 1.82) is 0 Å². The van der Waals surface area contributed by atoms with Crippen LogP contribution in [0.2, 0.25) is 0 Å². The minimum absolute atomic E-state index is 0.0836. The third kappa shape index (κ3) is 4.77. The molecule has 2 N–H and O–H groups in total. The maximum Gasteiger partial charge on any atom is 0.282 e. The highest BCUT2D eigenvalue weighted by molar-refractivity contribution is 8.02. The number of rotatable bonds is 6. The number of amides is 1. The lowest BCUT2D eigenvalue weighted by molar-refractivity contribution is -0.850. The van der Waals surface area contributed by atoms with Crippen LogP contribution in [0.15, 0.2) is 10.6 Å². The van der Waals surface area contributed by atoms with Crippen molar-refractivity contribution in [3.05, 3.63) is 11.8 Å². The number of anilines is 1. The molecule has 0 saturated carbocycles. The molecule has 2 rings (SSSR count). The molecule has 0 spiro atoms. The van der Waals surface area contributed by atoms with Crippen molar-refractivity contribution in [2.24, 2.45) is 7.05 Å². The van der Waals surface area contributed by atoms with E-state index in [4.69, 9.17) is 9.26 Å². The topological polar surface area (TPSA) is 75.6 Å². The van der Waals surface area contributed by atoms with Gasteiger partial charge in [0, 0.05) is 18.5 Å². The highest BCUT2D eigenvalue weighted by atomic mass is 32.2. The molecule has 142 valence electrons. The van der Waals surface area contributed by atoms with Gasteiger partial charge in [0.05, 0.1) is 22.3 Å². The van der Waals surface area contributed by atoms with Gasteiger partial charge in [-0.05, 0) is 52.2 Å². The Morgan fingerprint density at radius 3 is 2.52 bits per heavy atom. The van der Waals surface area contributed by atoms with Crippen LogP contribution in [0.3, 0.4) is 0 Å². The highest BCUT2D eigenvalue weighted by Crippen LogP contribution is 2.35. The van der Waals surface area contributed by atoms with E-state index >= 15 is 0 Å². The van der Waals surface area contributed by atoms with E-state index < -0.39 is 16.3 Å². The van der Waals surface area contributed by atoms with Crippen molar-refractivity contribution >= 4 is 23.6 Å². The van der Waals surface area contributed by atoms with Crippen molar-refractivity contribution in [2.75, 3.05) is 18.5 Å². The summed E-state index contributed by atoms with van der Waals surface area (Å²) in [5.74, 6) is 0.316. The first-order chi connectivity index (χ1) is 11.5. The van der Waals surface area contributed by atoms with Crippen molar-refractivity contribution in [3.63, 3.8) is 0 Å². The van der Waals surface area contributed by atoms with Crippen LogP contribution in [0.5, 0.6) is 0 Å². The molecule has 25 heavy (non-hydrogen) atoms. The largest absolute Gasteiger partial charge is 0.392 e. The second kappa shape index (κ2) is 7.68. The first-order valence-corrected chi connectivity index (χ1v) is 9.68. The van der Waals surface area contributed by atoms with E-state index in [2.05, 4.69) is 5.32 Å². The minimum Gasteiger partial charge on any atom is -0.392 e. The van der Waals surface area contributed by atoms with E-state index in [0.717, 1.165) is 31.7 Å². The van der Waals surface area contributed by atoms with E-state index in [1.807, 2.05) is 27.7 Å². The summed E-state index contributed by atoms with van der Waals surface area (Å²) >= 11 is 1.69. The molecule has 1 amide bonds. The molecule has 6 nitrogen and oxygen atoms in total. The molecule has 1 aromatic heterocycles. The molecular formula is C18H31N2O4S+. The van der Waals surface area contributed by atoms with E-state index in [1.54, 1.807) is 36.5 Å². The van der Waals surface area contributed by atoms with Gasteiger partial charge in [-0.3, -0.25) is 10.1 Å². The fourth-order valence-corrected chi connectivity index (χ4v) is 4.25. The van der Waals surface area contributed by atoms with Crippen molar-refractivity contribution < 1.29 is 23.9 Å². The summed E-state index contributed by atoms with van der Waals surface area (Å²) in [6, 6.07) is 1.79. The predicted molar refractivity (Wildman–Crippen MR) is 98.7 cm³/mol. The lowest BCUT2D eigenvalue weighted by atomic mass is 9.84. The lowest BCUT2D eigenvalue weighted by Gasteiger charge is -2.30. The monoisotopic (exact) mass is 371 g/mol. The molecule has 1 aliphatic heterocycles. The van der Waals surface area contributed by atoms with Crippen LogP contribution in [0.25, 0.3) is 0 Å². The molecule has 1 unspecified atom stereocenters.